The minimum Gasteiger partial charge on any atom is -0.310 e. The number of hydrogen-bond acceptors (Lipinski definition) is 3. The highest BCUT2D eigenvalue weighted by molar-refractivity contribution is 7.89. The highest BCUT2D eigenvalue weighted by atomic mass is 32.2. The summed E-state index contributed by atoms with van der Waals surface area (Å²) < 4.78 is 22.2. The number of unbranched alkanes of at least 4 members (excludes halogenated alkanes) is 1. The van der Waals surface area contributed by atoms with E-state index in [4.69, 9.17) is 11.6 Å². The Bertz CT molecular complexity index is 515. The number of benzene rings is 1. The normalized spacial score (nSPS) is 12.9. The van der Waals surface area contributed by atoms with Crippen LogP contribution in [-0.4, -0.2) is 15.0 Å². The second-order valence-electron chi connectivity index (χ2n) is 4.10. The van der Waals surface area contributed by atoms with Crippen LogP contribution in [0.15, 0.2) is 29.2 Å². The number of hydrogen-bond donors (Lipinski definition) is 2. The van der Waals surface area contributed by atoms with Crippen molar-refractivity contribution in [3.63, 3.8) is 0 Å². The number of sulfonamides is 1. The minimum absolute atomic E-state index is 0.130. The zero-order valence-corrected chi connectivity index (χ0v) is 11.2. The Balaban J connectivity index is 2.60. The lowest BCUT2D eigenvalue weighted by molar-refractivity contribution is 0.562. The second-order valence-corrected chi connectivity index (χ2v) is 5.66. The first-order chi connectivity index (χ1) is 8.45. The van der Waals surface area contributed by atoms with Crippen LogP contribution in [0.1, 0.15) is 31.4 Å². The lowest BCUT2D eigenvalue weighted by Gasteiger charge is -2.14. The summed E-state index contributed by atoms with van der Waals surface area (Å²) in [6.45, 7) is 2.85. The van der Waals surface area contributed by atoms with E-state index in [2.05, 4.69) is 11.2 Å². The van der Waals surface area contributed by atoms with Gasteiger partial charge in [-0.05, 0) is 37.6 Å². The molecule has 1 rings (SSSR count). The van der Waals surface area contributed by atoms with Gasteiger partial charge in [-0.1, -0.05) is 12.1 Å². The molecule has 0 spiro atoms. The number of nitrogens with one attached hydrogen (secondary N) is 1. The Labute approximate surface area is 109 Å². The zero-order chi connectivity index (χ0) is 13.6. The first-order valence-electron chi connectivity index (χ1n) is 5.75. The van der Waals surface area contributed by atoms with E-state index in [1.165, 1.54) is 12.1 Å². The van der Waals surface area contributed by atoms with Gasteiger partial charge in [-0.3, -0.25) is 0 Å². The lowest BCUT2D eigenvalue weighted by atomic mass is 10.1. The molecule has 0 aliphatic heterocycles. The van der Waals surface area contributed by atoms with Crippen molar-refractivity contribution in [3.8, 4) is 12.3 Å². The molecule has 0 radical (unpaired) electrons. The van der Waals surface area contributed by atoms with Gasteiger partial charge >= 0.3 is 0 Å². The summed E-state index contributed by atoms with van der Waals surface area (Å²) in [5, 5.41) is 8.35. The van der Waals surface area contributed by atoms with E-state index in [1.807, 2.05) is 6.92 Å². The average Bonchev–Trinajstić information content (AvgIpc) is 2.33. The van der Waals surface area contributed by atoms with Crippen LogP contribution in [0.25, 0.3) is 0 Å². The van der Waals surface area contributed by atoms with Crippen molar-refractivity contribution < 1.29 is 8.42 Å². The smallest absolute Gasteiger partial charge is 0.238 e. The molecule has 1 aromatic carbocycles. The van der Waals surface area contributed by atoms with E-state index in [0.29, 0.717) is 0 Å². The number of terminal acetylenes is 1. The number of primary sulfonamides is 1. The molecule has 3 N–H and O–H groups in total. The third-order valence-corrected chi connectivity index (χ3v) is 3.59. The highest BCUT2D eigenvalue weighted by Gasteiger charge is 2.09. The molecule has 0 aliphatic rings. The molecule has 5 heteroatoms. The first-order valence-corrected chi connectivity index (χ1v) is 7.29. The van der Waals surface area contributed by atoms with Gasteiger partial charge in [0, 0.05) is 12.5 Å². The Kier molecular flexibility index (Phi) is 5.35. The van der Waals surface area contributed by atoms with Gasteiger partial charge < -0.3 is 5.32 Å². The Morgan fingerprint density at radius 3 is 2.50 bits per heavy atom. The lowest BCUT2D eigenvalue weighted by Crippen LogP contribution is -2.20. The third kappa shape index (κ3) is 4.49. The minimum atomic E-state index is -3.61. The van der Waals surface area contributed by atoms with Crippen molar-refractivity contribution in [1.29, 1.82) is 0 Å². The van der Waals surface area contributed by atoms with Gasteiger partial charge in [-0.25, -0.2) is 13.6 Å². The Morgan fingerprint density at radius 1 is 1.39 bits per heavy atom. The van der Waals surface area contributed by atoms with Crippen molar-refractivity contribution >= 4 is 10.0 Å². The summed E-state index contributed by atoms with van der Waals surface area (Å²) in [7, 11) is -3.61. The van der Waals surface area contributed by atoms with Crippen LogP contribution < -0.4 is 10.5 Å². The van der Waals surface area contributed by atoms with Crippen LogP contribution in [0.2, 0.25) is 0 Å². The van der Waals surface area contributed by atoms with E-state index in [9.17, 15) is 8.42 Å². The fourth-order valence-corrected chi connectivity index (χ4v) is 2.09. The van der Waals surface area contributed by atoms with Gasteiger partial charge in [0.2, 0.25) is 10.0 Å². The second kappa shape index (κ2) is 6.55. The summed E-state index contributed by atoms with van der Waals surface area (Å²) in [4.78, 5) is 0.130. The molecule has 0 bridgehead atoms. The molecule has 98 valence electrons. The molecule has 0 aromatic heterocycles. The van der Waals surface area contributed by atoms with Gasteiger partial charge in [-0.2, -0.15) is 0 Å². The number of rotatable bonds is 6. The average molecular weight is 266 g/mol. The van der Waals surface area contributed by atoms with Crippen molar-refractivity contribution in [2.75, 3.05) is 6.54 Å². The quantitative estimate of drug-likeness (QED) is 0.604. The van der Waals surface area contributed by atoms with Crippen LogP contribution in [0.5, 0.6) is 0 Å². The maximum Gasteiger partial charge on any atom is 0.238 e. The summed E-state index contributed by atoms with van der Waals surface area (Å²) in [6, 6.07) is 6.71. The summed E-state index contributed by atoms with van der Waals surface area (Å²) in [5.41, 5.74) is 1.02. The van der Waals surface area contributed by atoms with Crippen LogP contribution in [-0.2, 0) is 10.0 Å². The molecular formula is C13H18N2O2S. The number of nitrogens with two attached hydrogens (primary N) is 1. The molecule has 4 nitrogen and oxygen atoms in total. The molecule has 1 atom stereocenters. The van der Waals surface area contributed by atoms with E-state index in [-0.39, 0.29) is 10.9 Å². The SMILES string of the molecule is C#CCCCNC(C)c1ccc(S(N)(=O)=O)cc1. The fraction of sp³-hybridized carbons (Fsp3) is 0.385. The molecule has 18 heavy (non-hydrogen) atoms. The molecular weight excluding hydrogens is 248 g/mol. The molecule has 1 aromatic rings. The molecule has 0 fully saturated rings. The predicted molar refractivity (Wildman–Crippen MR) is 72.3 cm³/mol. The standard InChI is InChI=1S/C13H18N2O2S/c1-3-4-5-10-15-11(2)12-6-8-13(9-7-12)18(14,16)17/h1,6-9,11,15H,4-5,10H2,2H3,(H2,14,16,17). The summed E-state index contributed by atoms with van der Waals surface area (Å²) in [5.74, 6) is 2.58. The summed E-state index contributed by atoms with van der Waals surface area (Å²) >= 11 is 0. The fourth-order valence-electron chi connectivity index (χ4n) is 1.57. The Hall–Kier alpha value is -1.35. The van der Waals surface area contributed by atoms with Crippen molar-refractivity contribution in [2.45, 2.75) is 30.7 Å². The van der Waals surface area contributed by atoms with Crippen LogP contribution >= 0.6 is 0 Å². The molecule has 1 unspecified atom stereocenters. The van der Waals surface area contributed by atoms with E-state index in [0.717, 1.165) is 24.9 Å². The molecule has 0 amide bonds. The van der Waals surface area contributed by atoms with E-state index in [1.54, 1.807) is 12.1 Å². The van der Waals surface area contributed by atoms with Crippen LogP contribution in [0.3, 0.4) is 0 Å². The maximum absolute atomic E-state index is 11.1. The first kappa shape index (κ1) is 14.7. The molecule has 0 heterocycles. The highest BCUT2D eigenvalue weighted by Crippen LogP contribution is 2.15. The predicted octanol–water partition coefficient (Wildman–Crippen LogP) is 1.40. The van der Waals surface area contributed by atoms with Gasteiger partial charge in [0.05, 0.1) is 4.90 Å². The molecule has 0 saturated heterocycles. The van der Waals surface area contributed by atoms with Crippen molar-refractivity contribution in [2.24, 2.45) is 5.14 Å². The monoisotopic (exact) mass is 266 g/mol. The van der Waals surface area contributed by atoms with Crippen LogP contribution in [0.4, 0.5) is 0 Å². The topological polar surface area (TPSA) is 72.2 Å². The maximum atomic E-state index is 11.1. The van der Waals surface area contributed by atoms with Crippen molar-refractivity contribution in [1.82, 2.24) is 5.32 Å². The van der Waals surface area contributed by atoms with E-state index < -0.39 is 10.0 Å². The van der Waals surface area contributed by atoms with Gasteiger partial charge in [0.1, 0.15) is 0 Å². The third-order valence-electron chi connectivity index (χ3n) is 2.66. The molecule has 0 aliphatic carbocycles. The zero-order valence-electron chi connectivity index (χ0n) is 10.4. The largest absolute Gasteiger partial charge is 0.310 e. The summed E-state index contributed by atoms with van der Waals surface area (Å²) in [6.07, 6.45) is 6.85. The Morgan fingerprint density at radius 2 is 2.00 bits per heavy atom. The van der Waals surface area contributed by atoms with Gasteiger partial charge in [0.15, 0.2) is 0 Å². The van der Waals surface area contributed by atoms with Gasteiger partial charge in [-0.15, -0.1) is 12.3 Å². The van der Waals surface area contributed by atoms with Crippen LogP contribution in [0, 0.1) is 12.3 Å². The van der Waals surface area contributed by atoms with E-state index >= 15 is 0 Å². The van der Waals surface area contributed by atoms with Crippen molar-refractivity contribution in [3.05, 3.63) is 29.8 Å². The molecule has 0 saturated carbocycles. The van der Waals surface area contributed by atoms with Gasteiger partial charge in [0.25, 0.3) is 0 Å².